The molecule has 2 atom stereocenters. The van der Waals surface area contributed by atoms with Crippen LogP contribution in [0.1, 0.15) is 40.9 Å². The minimum atomic E-state index is -1.12. The Labute approximate surface area is 235 Å². The summed E-state index contributed by atoms with van der Waals surface area (Å²) in [5.41, 5.74) is 2.19. The summed E-state index contributed by atoms with van der Waals surface area (Å²) in [4.78, 5) is 36.3. The zero-order valence-electron chi connectivity index (χ0n) is 22.0. The predicted octanol–water partition coefficient (Wildman–Crippen LogP) is 1.31. The van der Waals surface area contributed by atoms with Gasteiger partial charge in [-0.1, -0.05) is 0 Å². The normalized spacial score (nSPS) is 24.6. The second kappa shape index (κ2) is 10.5. The summed E-state index contributed by atoms with van der Waals surface area (Å²) in [6.07, 6.45) is 6.95. The zero-order chi connectivity index (χ0) is 27.2. The van der Waals surface area contributed by atoms with E-state index in [9.17, 15) is 14.7 Å². The van der Waals surface area contributed by atoms with Gasteiger partial charge >= 0.3 is 0 Å². The molecule has 210 valence electrons. The Morgan fingerprint density at radius 2 is 2.05 bits per heavy atom. The Hall–Kier alpha value is -3.52. The highest BCUT2D eigenvalue weighted by molar-refractivity contribution is 7.17. The Bertz CT molecular complexity index is 1470. The molecule has 6 heterocycles. The number of aliphatic hydroxyl groups is 1. The molecule has 4 aliphatic rings. The predicted molar refractivity (Wildman–Crippen MR) is 150 cm³/mol. The minimum absolute atomic E-state index is 0.0528. The molecular weight excluding hydrogens is 532 g/mol. The molecule has 0 radical (unpaired) electrons. The van der Waals surface area contributed by atoms with Gasteiger partial charge in [-0.05, 0) is 43.9 Å². The van der Waals surface area contributed by atoms with E-state index in [1.54, 1.807) is 16.8 Å². The molecular formula is C27H32N8O4S. The van der Waals surface area contributed by atoms with E-state index in [4.69, 9.17) is 9.72 Å². The summed E-state index contributed by atoms with van der Waals surface area (Å²) in [5, 5.41) is 22.8. The quantitative estimate of drug-likeness (QED) is 0.313. The van der Waals surface area contributed by atoms with Crippen molar-refractivity contribution in [3.05, 3.63) is 40.5 Å². The molecule has 1 saturated carbocycles. The van der Waals surface area contributed by atoms with Crippen molar-refractivity contribution in [3.63, 3.8) is 0 Å². The second-order valence-electron chi connectivity index (χ2n) is 10.8. The van der Waals surface area contributed by atoms with Gasteiger partial charge < -0.3 is 30.7 Å². The van der Waals surface area contributed by atoms with Crippen molar-refractivity contribution in [1.29, 1.82) is 0 Å². The number of amides is 2. The first kappa shape index (κ1) is 25.4. The minimum Gasteiger partial charge on any atom is -0.377 e. The van der Waals surface area contributed by atoms with E-state index in [0.29, 0.717) is 41.3 Å². The van der Waals surface area contributed by atoms with Crippen molar-refractivity contribution in [3.8, 4) is 10.6 Å². The third-order valence-electron chi connectivity index (χ3n) is 7.75. The standard InChI is InChI=1S/C27H32N8O4S/c36-25-20(31-27(38)32-25)12-16-14-28-35-23(29-17-3-4-17)13-19(30-24(16)35)21-5-6-22(40-21)26(37)34-9-7-33(8-10-34)15-18-2-1-11-39-18/h5-6,12-14,17-18,27,29,31,38H,1-4,7-11,15H2,(H,32,36)/b20-12-. The topological polar surface area (TPSA) is 136 Å². The first-order chi connectivity index (χ1) is 19.5. The van der Waals surface area contributed by atoms with Crippen molar-refractivity contribution in [2.45, 2.75) is 44.2 Å². The molecule has 1 aliphatic carbocycles. The van der Waals surface area contributed by atoms with Crippen LogP contribution in [0.2, 0.25) is 0 Å². The van der Waals surface area contributed by atoms with Gasteiger partial charge in [0.15, 0.2) is 5.65 Å². The molecule has 3 aromatic rings. The number of nitrogens with zero attached hydrogens (tertiary/aromatic N) is 5. The third-order valence-corrected chi connectivity index (χ3v) is 8.84. The van der Waals surface area contributed by atoms with Gasteiger partial charge in [0, 0.05) is 57.0 Å². The molecule has 13 heteroatoms. The smallest absolute Gasteiger partial charge is 0.270 e. The van der Waals surface area contributed by atoms with E-state index in [1.807, 2.05) is 23.1 Å². The van der Waals surface area contributed by atoms with Crippen LogP contribution in [0.25, 0.3) is 22.3 Å². The summed E-state index contributed by atoms with van der Waals surface area (Å²) >= 11 is 1.44. The molecule has 3 aromatic heterocycles. The first-order valence-electron chi connectivity index (χ1n) is 13.9. The van der Waals surface area contributed by atoms with Crippen molar-refractivity contribution in [2.24, 2.45) is 0 Å². The molecule has 2 unspecified atom stereocenters. The maximum atomic E-state index is 13.4. The lowest BCUT2D eigenvalue weighted by molar-refractivity contribution is -0.117. The number of hydrogen-bond donors (Lipinski definition) is 4. The number of aromatic nitrogens is 3. The molecule has 7 rings (SSSR count). The maximum Gasteiger partial charge on any atom is 0.270 e. The van der Waals surface area contributed by atoms with Crippen LogP contribution in [-0.2, 0) is 9.53 Å². The average molecular weight is 565 g/mol. The molecule has 0 aromatic carbocycles. The van der Waals surface area contributed by atoms with Gasteiger partial charge in [0.05, 0.1) is 27.7 Å². The van der Waals surface area contributed by atoms with Crippen molar-refractivity contribution in [2.75, 3.05) is 44.6 Å². The zero-order valence-corrected chi connectivity index (χ0v) is 22.8. The summed E-state index contributed by atoms with van der Waals surface area (Å²) in [6, 6.07) is 6.18. The SMILES string of the molecule is O=C1NC(O)N/C1=C\c1cnn2c(NC3CC3)cc(-c3ccc(C(=O)N4CCN(CC5CCCO5)CC4)s3)nc12. The molecule has 3 saturated heterocycles. The fourth-order valence-electron chi connectivity index (χ4n) is 5.42. The van der Waals surface area contributed by atoms with E-state index >= 15 is 0 Å². The number of ether oxygens (including phenoxy) is 1. The van der Waals surface area contributed by atoms with E-state index < -0.39 is 12.3 Å². The van der Waals surface area contributed by atoms with Gasteiger partial charge in [-0.25, -0.2) is 4.98 Å². The van der Waals surface area contributed by atoms with Gasteiger partial charge in [0.2, 0.25) is 6.35 Å². The Balaban J connectivity index is 1.12. The number of rotatable bonds is 7. The third kappa shape index (κ3) is 5.17. The highest BCUT2D eigenvalue weighted by Crippen LogP contribution is 2.33. The number of anilines is 1. The summed E-state index contributed by atoms with van der Waals surface area (Å²) in [6.45, 7) is 4.96. The molecule has 4 fully saturated rings. The van der Waals surface area contributed by atoms with Crippen molar-refractivity contribution >= 4 is 40.7 Å². The number of aliphatic hydroxyl groups excluding tert-OH is 1. The fourth-order valence-corrected chi connectivity index (χ4v) is 6.35. The number of hydrogen-bond acceptors (Lipinski definition) is 10. The van der Waals surface area contributed by atoms with Gasteiger partial charge in [0.25, 0.3) is 11.8 Å². The Morgan fingerprint density at radius 3 is 2.77 bits per heavy atom. The van der Waals surface area contributed by atoms with Crippen LogP contribution in [0.3, 0.4) is 0 Å². The largest absolute Gasteiger partial charge is 0.377 e. The second-order valence-corrected chi connectivity index (χ2v) is 11.8. The van der Waals surface area contributed by atoms with E-state index in [0.717, 1.165) is 68.3 Å². The first-order valence-corrected chi connectivity index (χ1v) is 14.7. The van der Waals surface area contributed by atoms with Crippen LogP contribution >= 0.6 is 11.3 Å². The molecule has 40 heavy (non-hydrogen) atoms. The average Bonchev–Trinajstić information content (AvgIpc) is 3.34. The molecule has 2 amide bonds. The maximum absolute atomic E-state index is 13.4. The number of piperazine rings is 1. The molecule has 3 aliphatic heterocycles. The summed E-state index contributed by atoms with van der Waals surface area (Å²) < 4.78 is 7.51. The number of nitrogens with one attached hydrogen (secondary N) is 3. The van der Waals surface area contributed by atoms with Gasteiger partial charge in [-0.2, -0.15) is 9.61 Å². The van der Waals surface area contributed by atoms with Gasteiger partial charge in [-0.15, -0.1) is 11.3 Å². The number of fused-ring (bicyclic) bond motifs is 1. The fraction of sp³-hybridized carbons (Fsp3) is 0.481. The van der Waals surface area contributed by atoms with Gasteiger partial charge in [-0.3, -0.25) is 14.5 Å². The van der Waals surface area contributed by atoms with E-state index in [1.165, 1.54) is 11.3 Å². The Morgan fingerprint density at radius 1 is 1.20 bits per heavy atom. The van der Waals surface area contributed by atoms with Crippen LogP contribution in [0, 0.1) is 0 Å². The molecule has 12 nitrogen and oxygen atoms in total. The number of thiophene rings is 1. The van der Waals surface area contributed by atoms with E-state index in [2.05, 4.69) is 25.9 Å². The van der Waals surface area contributed by atoms with E-state index in [-0.39, 0.29) is 11.6 Å². The lowest BCUT2D eigenvalue weighted by Gasteiger charge is -2.35. The van der Waals surface area contributed by atoms with Crippen LogP contribution in [-0.4, -0.2) is 99.1 Å². The van der Waals surface area contributed by atoms with Crippen LogP contribution in [0.4, 0.5) is 5.82 Å². The van der Waals surface area contributed by atoms with Crippen molar-refractivity contribution in [1.82, 2.24) is 35.0 Å². The van der Waals surface area contributed by atoms with Gasteiger partial charge in [0.1, 0.15) is 11.5 Å². The van der Waals surface area contributed by atoms with Crippen LogP contribution in [0.15, 0.2) is 30.1 Å². The lowest BCUT2D eigenvalue weighted by Crippen LogP contribution is -2.50. The Kier molecular flexibility index (Phi) is 6.66. The summed E-state index contributed by atoms with van der Waals surface area (Å²) in [7, 11) is 0. The highest BCUT2D eigenvalue weighted by Gasteiger charge is 2.28. The number of carbonyl (C=O) groups excluding carboxylic acids is 2. The number of carbonyl (C=O) groups is 2. The van der Waals surface area contributed by atoms with Crippen LogP contribution in [0.5, 0.6) is 0 Å². The van der Waals surface area contributed by atoms with Crippen molar-refractivity contribution < 1.29 is 19.4 Å². The molecule has 4 N–H and O–H groups in total. The molecule has 0 spiro atoms. The highest BCUT2D eigenvalue weighted by atomic mass is 32.1. The molecule has 0 bridgehead atoms. The monoisotopic (exact) mass is 564 g/mol. The lowest BCUT2D eigenvalue weighted by atomic mass is 10.2. The summed E-state index contributed by atoms with van der Waals surface area (Å²) in [5.74, 6) is 0.463. The van der Waals surface area contributed by atoms with Crippen LogP contribution < -0.4 is 16.0 Å².